The van der Waals surface area contributed by atoms with E-state index in [1.807, 2.05) is 0 Å². The number of hydrogen-bond acceptors (Lipinski definition) is 4. The van der Waals surface area contributed by atoms with Crippen LogP contribution in [0.15, 0.2) is 0 Å². The third-order valence-electron chi connectivity index (χ3n) is 4.17. The highest BCUT2D eigenvalue weighted by Gasteiger charge is 2.46. The molecule has 1 saturated carbocycles. The van der Waals surface area contributed by atoms with E-state index in [-0.39, 0.29) is 0 Å². The van der Waals surface area contributed by atoms with Crippen molar-refractivity contribution in [2.75, 3.05) is 32.8 Å². The van der Waals surface area contributed by atoms with Crippen molar-refractivity contribution in [3.63, 3.8) is 0 Å². The lowest BCUT2D eigenvalue weighted by molar-refractivity contribution is -0.144. The van der Waals surface area contributed by atoms with Gasteiger partial charge in [0.05, 0.1) is 13.2 Å². The zero-order chi connectivity index (χ0) is 13.0. The average molecular weight is 256 g/mol. The van der Waals surface area contributed by atoms with Gasteiger partial charge in [0.25, 0.3) is 0 Å². The molecule has 1 saturated heterocycles. The van der Waals surface area contributed by atoms with Crippen molar-refractivity contribution < 1.29 is 14.6 Å². The Morgan fingerprint density at radius 2 is 2.22 bits per heavy atom. The SMILES string of the molecule is CCCNC1(C(=O)O)CCC(N2CCOCC2)C1. The fourth-order valence-electron chi connectivity index (χ4n) is 3.07. The molecule has 0 spiro atoms. The highest BCUT2D eigenvalue weighted by molar-refractivity contribution is 5.79. The van der Waals surface area contributed by atoms with Crippen LogP contribution >= 0.6 is 0 Å². The first-order valence-corrected chi connectivity index (χ1v) is 6.98. The van der Waals surface area contributed by atoms with Gasteiger partial charge in [0.15, 0.2) is 0 Å². The Balaban J connectivity index is 1.96. The number of nitrogens with one attached hydrogen (secondary N) is 1. The lowest BCUT2D eigenvalue weighted by Gasteiger charge is -2.33. The minimum atomic E-state index is -0.695. The van der Waals surface area contributed by atoms with Crippen LogP contribution in [0.1, 0.15) is 32.6 Å². The summed E-state index contributed by atoms with van der Waals surface area (Å²) in [7, 11) is 0. The third kappa shape index (κ3) is 2.84. The number of nitrogens with zero attached hydrogens (tertiary/aromatic N) is 1. The quantitative estimate of drug-likeness (QED) is 0.758. The first kappa shape index (κ1) is 13.8. The molecule has 5 heteroatoms. The van der Waals surface area contributed by atoms with Crippen LogP contribution in [0.5, 0.6) is 0 Å². The Hall–Kier alpha value is -0.650. The first-order chi connectivity index (χ1) is 8.68. The highest BCUT2D eigenvalue weighted by Crippen LogP contribution is 2.33. The summed E-state index contributed by atoms with van der Waals surface area (Å²) in [6.45, 7) is 6.28. The van der Waals surface area contributed by atoms with Crippen molar-refractivity contribution in [1.29, 1.82) is 0 Å². The maximum atomic E-state index is 11.6. The highest BCUT2D eigenvalue weighted by atomic mass is 16.5. The van der Waals surface area contributed by atoms with Crippen LogP contribution in [0.4, 0.5) is 0 Å². The predicted octanol–water partition coefficient (Wildman–Crippen LogP) is 0.694. The number of rotatable bonds is 5. The van der Waals surface area contributed by atoms with E-state index in [1.54, 1.807) is 0 Å². The summed E-state index contributed by atoms with van der Waals surface area (Å²) in [5.41, 5.74) is -0.695. The number of ether oxygens (including phenoxy) is 1. The van der Waals surface area contributed by atoms with Crippen molar-refractivity contribution in [2.24, 2.45) is 0 Å². The standard InChI is InChI=1S/C13H24N2O3/c1-2-5-14-13(12(16)17)4-3-11(10-13)15-6-8-18-9-7-15/h11,14H,2-10H2,1H3,(H,16,17). The van der Waals surface area contributed by atoms with E-state index in [0.717, 1.165) is 58.5 Å². The molecule has 18 heavy (non-hydrogen) atoms. The predicted molar refractivity (Wildman–Crippen MR) is 68.7 cm³/mol. The molecule has 2 unspecified atom stereocenters. The van der Waals surface area contributed by atoms with Crippen molar-refractivity contribution in [2.45, 2.75) is 44.2 Å². The Morgan fingerprint density at radius 1 is 1.50 bits per heavy atom. The molecule has 0 aromatic carbocycles. The fourth-order valence-corrected chi connectivity index (χ4v) is 3.07. The number of hydrogen-bond donors (Lipinski definition) is 2. The molecule has 0 aromatic heterocycles. The maximum Gasteiger partial charge on any atom is 0.323 e. The molecular weight excluding hydrogens is 232 g/mol. The zero-order valence-electron chi connectivity index (χ0n) is 11.2. The Bertz CT molecular complexity index is 292. The fraction of sp³-hybridized carbons (Fsp3) is 0.923. The lowest BCUT2D eigenvalue weighted by Crippen LogP contribution is -2.52. The first-order valence-electron chi connectivity index (χ1n) is 6.98. The van der Waals surface area contributed by atoms with E-state index in [4.69, 9.17) is 4.74 Å². The molecule has 0 amide bonds. The second-order valence-electron chi connectivity index (χ2n) is 5.36. The molecule has 0 bridgehead atoms. The molecule has 2 rings (SSSR count). The smallest absolute Gasteiger partial charge is 0.323 e. The van der Waals surface area contributed by atoms with Crippen molar-refractivity contribution in [3.05, 3.63) is 0 Å². The average Bonchev–Trinajstić information content (AvgIpc) is 2.83. The van der Waals surface area contributed by atoms with E-state index in [1.165, 1.54) is 0 Å². The summed E-state index contributed by atoms with van der Waals surface area (Å²) in [5, 5.41) is 12.8. The van der Waals surface area contributed by atoms with Crippen LogP contribution in [0, 0.1) is 0 Å². The van der Waals surface area contributed by atoms with Gasteiger partial charge in [-0.15, -0.1) is 0 Å². The van der Waals surface area contributed by atoms with Crippen LogP contribution in [-0.2, 0) is 9.53 Å². The molecular formula is C13H24N2O3. The topological polar surface area (TPSA) is 61.8 Å². The molecule has 2 aliphatic rings. The van der Waals surface area contributed by atoms with E-state index in [2.05, 4.69) is 17.1 Å². The Labute approximate surface area is 108 Å². The molecule has 1 aliphatic carbocycles. The van der Waals surface area contributed by atoms with Gasteiger partial charge in [-0.2, -0.15) is 0 Å². The van der Waals surface area contributed by atoms with Crippen molar-refractivity contribution in [1.82, 2.24) is 10.2 Å². The summed E-state index contributed by atoms with van der Waals surface area (Å²) in [5.74, 6) is -0.688. The summed E-state index contributed by atoms with van der Waals surface area (Å²) in [4.78, 5) is 13.9. The number of aliphatic carboxylic acids is 1. The minimum absolute atomic E-state index is 0.398. The van der Waals surface area contributed by atoms with Gasteiger partial charge in [0.1, 0.15) is 5.54 Å². The molecule has 2 fully saturated rings. The van der Waals surface area contributed by atoms with Crippen LogP contribution in [0.2, 0.25) is 0 Å². The van der Waals surface area contributed by atoms with Gasteiger partial charge in [-0.25, -0.2) is 0 Å². The summed E-state index contributed by atoms with van der Waals surface area (Å²) in [6, 6.07) is 0.398. The van der Waals surface area contributed by atoms with Gasteiger partial charge >= 0.3 is 5.97 Å². The van der Waals surface area contributed by atoms with Crippen LogP contribution in [-0.4, -0.2) is 60.4 Å². The van der Waals surface area contributed by atoms with Crippen LogP contribution in [0.25, 0.3) is 0 Å². The molecule has 1 aliphatic heterocycles. The molecule has 0 radical (unpaired) electrons. The minimum Gasteiger partial charge on any atom is -0.480 e. The van der Waals surface area contributed by atoms with Gasteiger partial charge in [0.2, 0.25) is 0 Å². The molecule has 0 aromatic rings. The van der Waals surface area contributed by atoms with Gasteiger partial charge in [0, 0.05) is 19.1 Å². The van der Waals surface area contributed by atoms with Gasteiger partial charge in [-0.1, -0.05) is 6.92 Å². The van der Waals surface area contributed by atoms with Gasteiger partial charge in [-0.3, -0.25) is 9.69 Å². The van der Waals surface area contributed by atoms with E-state index in [9.17, 15) is 9.90 Å². The molecule has 104 valence electrons. The van der Waals surface area contributed by atoms with Gasteiger partial charge in [-0.05, 0) is 32.2 Å². The lowest BCUT2D eigenvalue weighted by atomic mass is 9.97. The molecule has 5 nitrogen and oxygen atoms in total. The van der Waals surface area contributed by atoms with Crippen molar-refractivity contribution >= 4 is 5.97 Å². The second-order valence-corrected chi connectivity index (χ2v) is 5.36. The van der Waals surface area contributed by atoms with E-state index >= 15 is 0 Å². The Morgan fingerprint density at radius 3 is 2.83 bits per heavy atom. The molecule has 2 N–H and O–H groups in total. The molecule has 1 heterocycles. The number of carboxylic acids is 1. The monoisotopic (exact) mass is 256 g/mol. The van der Waals surface area contributed by atoms with Gasteiger partial charge < -0.3 is 15.2 Å². The van der Waals surface area contributed by atoms with E-state index in [0.29, 0.717) is 6.04 Å². The van der Waals surface area contributed by atoms with E-state index < -0.39 is 11.5 Å². The number of carboxylic acid groups (broad SMARTS) is 1. The third-order valence-corrected chi connectivity index (χ3v) is 4.17. The van der Waals surface area contributed by atoms with Crippen molar-refractivity contribution in [3.8, 4) is 0 Å². The summed E-state index contributed by atoms with van der Waals surface area (Å²) in [6.07, 6.45) is 3.41. The molecule has 2 atom stereocenters. The van der Waals surface area contributed by atoms with Crippen LogP contribution in [0.3, 0.4) is 0 Å². The normalized spacial score (nSPS) is 33.7. The number of morpholine rings is 1. The zero-order valence-corrected chi connectivity index (χ0v) is 11.2. The largest absolute Gasteiger partial charge is 0.480 e. The summed E-state index contributed by atoms with van der Waals surface area (Å²) < 4.78 is 5.35. The summed E-state index contributed by atoms with van der Waals surface area (Å²) >= 11 is 0. The maximum absolute atomic E-state index is 11.6. The second kappa shape index (κ2) is 5.99. The van der Waals surface area contributed by atoms with Crippen LogP contribution < -0.4 is 5.32 Å². The number of carbonyl (C=O) groups is 1. The Kier molecular flexibility index (Phi) is 4.59.